The molecule has 1 unspecified atom stereocenters. The molecule has 3 nitrogen and oxygen atoms in total. The van der Waals surface area contributed by atoms with Crippen LogP contribution < -0.4 is 5.73 Å². The van der Waals surface area contributed by atoms with Crippen molar-refractivity contribution in [2.24, 2.45) is 11.1 Å². The molecule has 1 amide bonds. The first-order valence-electron chi connectivity index (χ1n) is 3.78. The Labute approximate surface area is 71.9 Å². The average Bonchev–Trinajstić information content (AvgIpc) is 2.12. The summed E-state index contributed by atoms with van der Waals surface area (Å²) in [5, 5.41) is 0. The molecule has 1 atom stereocenters. The summed E-state index contributed by atoms with van der Waals surface area (Å²) in [6.45, 7) is 1.79. The second kappa shape index (κ2) is 2.93. The molecule has 1 aliphatic heterocycles. The summed E-state index contributed by atoms with van der Waals surface area (Å²) in [4.78, 5) is 11.1. The van der Waals surface area contributed by atoms with Gasteiger partial charge in [-0.15, -0.1) is 0 Å². The van der Waals surface area contributed by atoms with Crippen molar-refractivity contribution in [2.45, 2.75) is 6.92 Å². The van der Waals surface area contributed by atoms with Crippen molar-refractivity contribution < 1.29 is 9.37 Å². The Bertz CT molecular complexity index is 289. The summed E-state index contributed by atoms with van der Waals surface area (Å²) < 4.78 is 1.82. The summed E-state index contributed by atoms with van der Waals surface area (Å²) in [6, 6.07) is 0. The van der Waals surface area contributed by atoms with Crippen LogP contribution in [0.25, 0.3) is 0 Å². The highest BCUT2D eigenvalue weighted by atomic mass is 16.1. The van der Waals surface area contributed by atoms with Crippen molar-refractivity contribution >= 4 is 12.1 Å². The Morgan fingerprint density at radius 2 is 2.17 bits per heavy atom. The second-order valence-corrected chi connectivity index (χ2v) is 3.14. The SMILES string of the molecule is C[N+]1=CC(C)(C(N)=O)C=CC=C1. The van der Waals surface area contributed by atoms with E-state index in [0.717, 1.165) is 0 Å². The molecular weight excluding hydrogens is 152 g/mol. The molecule has 0 saturated carbocycles. The standard InChI is InChI=1S/C9H12N2O/c1-9(8(10)12)5-3-4-6-11(2)7-9/h3-7H,1-2H3,(H-,10,12)/p+1. The minimum absolute atomic E-state index is 0.339. The largest absolute Gasteiger partial charge is 0.368 e. The second-order valence-electron chi connectivity index (χ2n) is 3.14. The van der Waals surface area contributed by atoms with E-state index in [0.29, 0.717) is 0 Å². The third-order valence-electron chi connectivity index (χ3n) is 1.88. The van der Waals surface area contributed by atoms with Gasteiger partial charge in [-0.05, 0) is 6.92 Å². The van der Waals surface area contributed by atoms with E-state index in [-0.39, 0.29) is 5.91 Å². The highest BCUT2D eigenvalue weighted by Gasteiger charge is 2.30. The number of carbonyl (C=O) groups is 1. The van der Waals surface area contributed by atoms with E-state index < -0.39 is 5.41 Å². The quantitative estimate of drug-likeness (QED) is 0.557. The number of hydrogen-bond donors (Lipinski definition) is 1. The monoisotopic (exact) mass is 165 g/mol. The number of rotatable bonds is 1. The molecule has 0 radical (unpaired) electrons. The van der Waals surface area contributed by atoms with Crippen molar-refractivity contribution in [1.82, 2.24) is 0 Å². The first-order chi connectivity index (χ1) is 5.54. The number of hydrogen-bond acceptors (Lipinski definition) is 1. The van der Waals surface area contributed by atoms with E-state index in [1.165, 1.54) is 0 Å². The summed E-state index contributed by atoms with van der Waals surface area (Å²) in [6.07, 6.45) is 9.13. The molecule has 3 heteroatoms. The van der Waals surface area contributed by atoms with Crippen LogP contribution in [-0.2, 0) is 4.79 Å². The van der Waals surface area contributed by atoms with Gasteiger partial charge in [0.1, 0.15) is 12.5 Å². The van der Waals surface area contributed by atoms with Gasteiger partial charge >= 0.3 is 0 Å². The Morgan fingerprint density at radius 1 is 1.50 bits per heavy atom. The maximum absolute atomic E-state index is 11.1. The minimum atomic E-state index is -0.668. The van der Waals surface area contributed by atoms with Gasteiger partial charge in [-0.1, -0.05) is 12.2 Å². The third kappa shape index (κ3) is 1.61. The summed E-state index contributed by atoms with van der Waals surface area (Å²) in [7, 11) is 1.87. The maximum atomic E-state index is 11.1. The number of amides is 1. The summed E-state index contributed by atoms with van der Waals surface area (Å²) in [5.74, 6) is -0.339. The highest BCUT2D eigenvalue weighted by molar-refractivity contribution is 5.98. The van der Waals surface area contributed by atoms with Crippen LogP contribution in [0.4, 0.5) is 0 Å². The predicted molar refractivity (Wildman–Crippen MR) is 47.8 cm³/mol. The van der Waals surface area contributed by atoms with Crippen LogP contribution in [0.2, 0.25) is 0 Å². The number of nitrogens with zero attached hydrogens (tertiary/aromatic N) is 1. The lowest BCUT2D eigenvalue weighted by atomic mass is 9.91. The van der Waals surface area contributed by atoms with E-state index in [9.17, 15) is 4.79 Å². The molecule has 0 bridgehead atoms. The maximum Gasteiger partial charge on any atom is 0.237 e. The zero-order valence-corrected chi connectivity index (χ0v) is 7.32. The fourth-order valence-corrected chi connectivity index (χ4v) is 1.10. The molecule has 1 aliphatic rings. The molecular formula is C9H13N2O+. The molecule has 0 aliphatic carbocycles. The van der Waals surface area contributed by atoms with Crippen LogP contribution in [0, 0.1) is 5.41 Å². The number of carbonyl (C=O) groups excluding carboxylic acids is 1. The van der Waals surface area contributed by atoms with Gasteiger partial charge < -0.3 is 5.73 Å². The van der Waals surface area contributed by atoms with E-state index in [1.54, 1.807) is 19.2 Å². The number of primary amides is 1. The number of nitrogens with two attached hydrogens (primary N) is 1. The normalized spacial score (nSPS) is 28.0. The van der Waals surface area contributed by atoms with Gasteiger partial charge in [0.05, 0.1) is 0 Å². The fraction of sp³-hybridized carbons (Fsp3) is 0.333. The molecule has 0 fully saturated rings. The van der Waals surface area contributed by atoms with Crippen molar-refractivity contribution in [3.05, 3.63) is 24.4 Å². The minimum Gasteiger partial charge on any atom is -0.368 e. The first-order valence-corrected chi connectivity index (χ1v) is 3.78. The number of allylic oxidation sites excluding steroid dienone is 2. The lowest BCUT2D eigenvalue weighted by Crippen LogP contribution is -2.35. The zero-order chi connectivity index (χ0) is 9.19. The molecule has 0 spiro atoms. The predicted octanol–water partition coefficient (Wildman–Crippen LogP) is 0.275. The molecule has 0 aromatic heterocycles. The Kier molecular flexibility index (Phi) is 2.13. The molecule has 2 N–H and O–H groups in total. The molecule has 0 aromatic rings. The van der Waals surface area contributed by atoms with Gasteiger partial charge in [-0.3, -0.25) is 4.79 Å². The Hall–Kier alpha value is -1.38. The smallest absolute Gasteiger partial charge is 0.237 e. The lowest BCUT2D eigenvalue weighted by molar-refractivity contribution is -0.419. The molecule has 64 valence electrons. The first kappa shape index (κ1) is 8.71. The third-order valence-corrected chi connectivity index (χ3v) is 1.88. The van der Waals surface area contributed by atoms with E-state index in [2.05, 4.69) is 0 Å². The molecule has 1 rings (SSSR count). The van der Waals surface area contributed by atoms with Crippen LogP contribution in [0.1, 0.15) is 6.92 Å². The van der Waals surface area contributed by atoms with Crippen LogP contribution in [-0.4, -0.2) is 23.7 Å². The van der Waals surface area contributed by atoms with Gasteiger partial charge in [0.15, 0.2) is 12.4 Å². The zero-order valence-electron chi connectivity index (χ0n) is 7.32. The Morgan fingerprint density at radius 3 is 2.75 bits per heavy atom. The molecule has 0 aromatic carbocycles. The topological polar surface area (TPSA) is 46.1 Å². The molecule has 12 heavy (non-hydrogen) atoms. The van der Waals surface area contributed by atoms with Crippen molar-refractivity contribution in [3.8, 4) is 0 Å². The van der Waals surface area contributed by atoms with E-state index in [4.69, 9.17) is 5.73 Å². The van der Waals surface area contributed by atoms with E-state index >= 15 is 0 Å². The van der Waals surface area contributed by atoms with Crippen LogP contribution in [0.3, 0.4) is 0 Å². The van der Waals surface area contributed by atoms with Gasteiger partial charge in [0.25, 0.3) is 0 Å². The van der Waals surface area contributed by atoms with Crippen LogP contribution >= 0.6 is 0 Å². The summed E-state index contributed by atoms with van der Waals surface area (Å²) >= 11 is 0. The molecule has 1 heterocycles. The van der Waals surface area contributed by atoms with Crippen LogP contribution in [0.5, 0.6) is 0 Å². The van der Waals surface area contributed by atoms with Gasteiger partial charge in [-0.25, -0.2) is 4.58 Å². The van der Waals surface area contributed by atoms with Gasteiger partial charge in [-0.2, -0.15) is 0 Å². The van der Waals surface area contributed by atoms with Gasteiger partial charge in [0, 0.05) is 6.08 Å². The van der Waals surface area contributed by atoms with Crippen molar-refractivity contribution in [2.75, 3.05) is 7.05 Å². The highest BCUT2D eigenvalue weighted by Crippen LogP contribution is 2.15. The van der Waals surface area contributed by atoms with Gasteiger partial charge in [0.2, 0.25) is 5.91 Å². The van der Waals surface area contributed by atoms with Crippen molar-refractivity contribution in [1.29, 1.82) is 0 Å². The average molecular weight is 165 g/mol. The fourth-order valence-electron chi connectivity index (χ4n) is 1.10. The lowest BCUT2D eigenvalue weighted by Gasteiger charge is -2.11. The van der Waals surface area contributed by atoms with Crippen molar-refractivity contribution in [3.63, 3.8) is 0 Å². The summed E-state index contributed by atoms with van der Waals surface area (Å²) in [5.41, 5.74) is 4.59. The molecule has 0 saturated heterocycles. The Balaban J connectivity index is 3.07. The van der Waals surface area contributed by atoms with E-state index in [1.807, 2.05) is 30.0 Å². The van der Waals surface area contributed by atoms with Crippen LogP contribution in [0.15, 0.2) is 24.4 Å².